The van der Waals surface area contributed by atoms with Gasteiger partial charge in [-0.15, -0.1) is 0 Å². The summed E-state index contributed by atoms with van der Waals surface area (Å²) in [4.78, 5) is 0.429. The van der Waals surface area contributed by atoms with Crippen molar-refractivity contribution < 1.29 is 10.2 Å². The second-order valence-electron chi connectivity index (χ2n) is 3.51. The SMILES string of the molecule is Cc1cc(CO)c(CO)cc1CC(N)=S. The molecule has 0 saturated carbocycles. The number of aryl methyl sites for hydroxylation is 1. The van der Waals surface area contributed by atoms with Crippen LogP contribution in [-0.4, -0.2) is 15.2 Å². The van der Waals surface area contributed by atoms with Crippen molar-refractivity contribution in [3.8, 4) is 0 Å². The highest BCUT2D eigenvalue weighted by atomic mass is 32.1. The van der Waals surface area contributed by atoms with Gasteiger partial charge in [0.1, 0.15) is 0 Å². The van der Waals surface area contributed by atoms with Gasteiger partial charge in [-0.25, -0.2) is 0 Å². The van der Waals surface area contributed by atoms with Crippen molar-refractivity contribution in [2.45, 2.75) is 26.6 Å². The Morgan fingerprint density at radius 1 is 1.20 bits per heavy atom. The standard InChI is InChI=1S/C11H15NO2S/c1-7-2-9(5-13)10(6-14)3-8(7)4-11(12)15/h2-3,13-14H,4-6H2,1H3,(H2,12,15). The minimum absolute atomic E-state index is 0.0654. The Hall–Kier alpha value is -0.970. The largest absolute Gasteiger partial charge is 0.393 e. The van der Waals surface area contributed by atoms with E-state index in [2.05, 4.69) is 0 Å². The van der Waals surface area contributed by atoms with Crippen LogP contribution in [0.5, 0.6) is 0 Å². The third kappa shape index (κ3) is 2.99. The molecule has 0 saturated heterocycles. The number of rotatable bonds is 4. The van der Waals surface area contributed by atoms with Gasteiger partial charge in [-0.3, -0.25) is 0 Å². The molecule has 0 amide bonds. The number of nitrogens with two attached hydrogens (primary N) is 1. The van der Waals surface area contributed by atoms with E-state index in [1.54, 1.807) is 0 Å². The fraction of sp³-hybridized carbons (Fsp3) is 0.364. The predicted molar refractivity (Wildman–Crippen MR) is 63.5 cm³/mol. The van der Waals surface area contributed by atoms with E-state index in [1.807, 2.05) is 19.1 Å². The Balaban J connectivity index is 3.13. The minimum atomic E-state index is -0.0828. The zero-order valence-corrected chi connectivity index (χ0v) is 9.47. The first-order chi connectivity index (χ1) is 7.08. The van der Waals surface area contributed by atoms with Crippen LogP contribution in [-0.2, 0) is 19.6 Å². The number of benzene rings is 1. The van der Waals surface area contributed by atoms with Crippen LogP contribution in [0.1, 0.15) is 22.3 Å². The first-order valence-corrected chi connectivity index (χ1v) is 5.10. The van der Waals surface area contributed by atoms with Gasteiger partial charge in [-0.2, -0.15) is 0 Å². The Morgan fingerprint density at radius 2 is 1.73 bits per heavy atom. The molecule has 0 radical (unpaired) electrons. The lowest BCUT2D eigenvalue weighted by molar-refractivity contribution is 0.260. The van der Waals surface area contributed by atoms with Crippen molar-refractivity contribution in [2.75, 3.05) is 0 Å². The molecule has 0 bridgehead atoms. The van der Waals surface area contributed by atoms with Gasteiger partial charge in [0.05, 0.1) is 18.2 Å². The molecule has 15 heavy (non-hydrogen) atoms. The molecule has 0 aromatic heterocycles. The zero-order valence-electron chi connectivity index (χ0n) is 8.66. The number of hydrogen-bond donors (Lipinski definition) is 3. The highest BCUT2D eigenvalue weighted by molar-refractivity contribution is 7.80. The lowest BCUT2D eigenvalue weighted by Crippen LogP contribution is -2.12. The maximum Gasteiger partial charge on any atom is 0.0771 e. The van der Waals surface area contributed by atoms with E-state index >= 15 is 0 Å². The van der Waals surface area contributed by atoms with Gasteiger partial charge in [0.25, 0.3) is 0 Å². The average Bonchev–Trinajstić information content (AvgIpc) is 2.19. The summed E-state index contributed by atoms with van der Waals surface area (Å²) in [6.45, 7) is 1.79. The Labute approximate surface area is 94.5 Å². The van der Waals surface area contributed by atoms with E-state index in [-0.39, 0.29) is 13.2 Å². The van der Waals surface area contributed by atoms with E-state index in [0.717, 1.165) is 22.3 Å². The van der Waals surface area contributed by atoms with Crippen LogP contribution < -0.4 is 5.73 Å². The maximum atomic E-state index is 9.12. The van der Waals surface area contributed by atoms with E-state index < -0.39 is 0 Å². The molecular formula is C11H15NO2S. The summed E-state index contributed by atoms with van der Waals surface area (Å²) < 4.78 is 0. The molecule has 0 fully saturated rings. The monoisotopic (exact) mass is 225 g/mol. The molecule has 0 spiro atoms. The van der Waals surface area contributed by atoms with Crippen LogP contribution >= 0.6 is 12.2 Å². The lowest BCUT2D eigenvalue weighted by atomic mass is 9.98. The number of aliphatic hydroxyl groups is 2. The maximum absolute atomic E-state index is 9.12. The van der Waals surface area contributed by atoms with Gasteiger partial charge < -0.3 is 15.9 Å². The molecule has 0 aliphatic carbocycles. The molecular weight excluding hydrogens is 210 g/mol. The minimum Gasteiger partial charge on any atom is -0.393 e. The normalized spacial score (nSPS) is 10.3. The summed E-state index contributed by atoms with van der Waals surface area (Å²) >= 11 is 4.84. The summed E-state index contributed by atoms with van der Waals surface area (Å²) in [7, 11) is 0. The highest BCUT2D eigenvalue weighted by Crippen LogP contribution is 2.17. The zero-order chi connectivity index (χ0) is 11.4. The molecule has 0 heterocycles. The molecule has 4 heteroatoms. The predicted octanol–water partition coefficient (Wildman–Crippen LogP) is 0.808. The summed E-state index contributed by atoms with van der Waals surface area (Å²) in [5, 5.41) is 18.2. The van der Waals surface area contributed by atoms with E-state index in [1.165, 1.54) is 0 Å². The quantitative estimate of drug-likeness (QED) is 0.663. The molecule has 3 nitrogen and oxygen atoms in total. The van der Waals surface area contributed by atoms with E-state index in [9.17, 15) is 0 Å². The first-order valence-electron chi connectivity index (χ1n) is 4.69. The molecule has 0 aliphatic rings. The molecule has 0 unspecified atom stereocenters. The Kier molecular flexibility index (Phi) is 4.20. The van der Waals surface area contributed by atoms with Gasteiger partial charge in [0, 0.05) is 6.42 Å². The summed E-state index contributed by atoms with van der Waals surface area (Å²) in [5.74, 6) is 0. The van der Waals surface area contributed by atoms with Gasteiger partial charge in [0.15, 0.2) is 0 Å². The first kappa shape index (κ1) is 12.1. The van der Waals surface area contributed by atoms with Crippen LogP contribution in [0.4, 0.5) is 0 Å². The van der Waals surface area contributed by atoms with Crippen molar-refractivity contribution >= 4 is 17.2 Å². The van der Waals surface area contributed by atoms with Crippen molar-refractivity contribution in [3.05, 3.63) is 34.4 Å². The van der Waals surface area contributed by atoms with Gasteiger partial charge in [-0.1, -0.05) is 24.4 Å². The van der Waals surface area contributed by atoms with Crippen molar-refractivity contribution in [2.24, 2.45) is 5.73 Å². The van der Waals surface area contributed by atoms with Crippen LogP contribution in [0.3, 0.4) is 0 Å². The number of aliphatic hydroxyl groups excluding tert-OH is 2. The van der Waals surface area contributed by atoms with Crippen LogP contribution in [0.25, 0.3) is 0 Å². The molecule has 1 aromatic rings. The molecule has 1 aromatic carbocycles. The van der Waals surface area contributed by atoms with Crippen LogP contribution in [0, 0.1) is 6.92 Å². The fourth-order valence-corrected chi connectivity index (χ4v) is 1.69. The molecule has 0 aliphatic heterocycles. The summed E-state index contributed by atoms with van der Waals surface area (Å²) in [6, 6.07) is 3.71. The van der Waals surface area contributed by atoms with Gasteiger partial charge in [0.2, 0.25) is 0 Å². The van der Waals surface area contributed by atoms with Gasteiger partial charge in [-0.05, 0) is 29.2 Å². The van der Waals surface area contributed by atoms with E-state index in [0.29, 0.717) is 11.4 Å². The number of hydrogen-bond acceptors (Lipinski definition) is 3. The van der Waals surface area contributed by atoms with Crippen molar-refractivity contribution in [1.29, 1.82) is 0 Å². The van der Waals surface area contributed by atoms with Crippen LogP contribution in [0.15, 0.2) is 12.1 Å². The molecule has 82 valence electrons. The average molecular weight is 225 g/mol. The second kappa shape index (κ2) is 5.21. The van der Waals surface area contributed by atoms with E-state index in [4.69, 9.17) is 28.2 Å². The third-order valence-corrected chi connectivity index (χ3v) is 2.51. The summed E-state index contributed by atoms with van der Waals surface area (Å²) in [6.07, 6.45) is 0.528. The van der Waals surface area contributed by atoms with Crippen LogP contribution in [0.2, 0.25) is 0 Å². The number of thiocarbonyl (C=S) groups is 1. The molecule has 1 rings (SSSR count). The topological polar surface area (TPSA) is 66.5 Å². The second-order valence-corrected chi connectivity index (χ2v) is 4.03. The third-order valence-electron chi connectivity index (χ3n) is 2.36. The molecule has 4 N–H and O–H groups in total. The van der Waals surface area contributed by atoms with Crippen molar-refractivity contribution in [1.82, 2.24) is 0 Å². The summed E-state index contributed by atoms with van der Waals surface area (Å²) in [5.41, 5.74) is 8.99. The Bertz CT molecular complexity index is 377. The molecule has 0 atom stereocenters. The Morgan fingerprint density at radius 3 is 2.20 bits per heavy atom. The van der Waals surface area contributed by atoms with Crippen molar-refractivity contribution in [3.63, 3.8) is 0 Å². The fourth-order valence-electron chi connectivity index (χ4n) is 1.54. The highest BCUT2D eigenvalue weighted by Gasteiger charge is 2.07. The van der Waals surface area contributed by atoms with Gasteiger partial charge >= 0.3 is 0 Å². The smallest absolute Gasteiger partial charge is 0.0771 e. The lowest BCUT2D eigenvalue weighted by Gasteiger charge is -2.11.